The van der Waals surface area contributed by atoms with E-state index in [9.17, 15) is 4.79 Å². The number of hydrogen-bond donors (Lipinski definition) is 3. The average Bonchev–Trinajstić information content (AvgIpc) is 3.54. The van der Waals surface area contributed by atoms with Crippen LogP contribution in [0.5, 0.6) is 0 Å². The number of rotatable bonds is 8. The zero-order chi connectivity index (χ0) is 23.3. The van der Waals surface area contributed by atoms with Crippen LogP contribution in [0.15, 0.2) is 42.2 Å². The van der Waals surface area contributed by atoms with Crippen molar-refractivity contribution in [2.45, 2.75) is 38.8 Å². The first-order valence-electron chi connectivity index (χ1n) is 11.3. The number of aromatic nitrogens is 5. The lowest BCUT2D eigenvalue weighted by molar-refractivity contribution is -0.115. The number of carbonyl (C=O) groups excluding carboxylic acids is 1. The molecule has 0 bridgehead atoms. The Labute approximate surface area is 200 Å². The maximum Gasteiger partial charge on any atom is 0.229 e. The van der Waals surface area contributed by atoms with Crippen LogP contribution in [0.1, 0.15) is 31.7 Å². The minimum atomic E-state index is -0.00534. The van der Waals surface area contributed by atoms with Gasteiger partial charge in [-0.05, 0) is 30.5 Å². The molecule has 0 unspecified atom stereocenters. The van der Waals surface area contributed by atoms with E-state index < -0.39 is 0 Å². The average molecular weight is 479 g/mol. The van der Waals surface area contributed by atoms with Gasteiger partial charge >= 0.3 is 0 Å². The third-order valence-corrected chi connectivity index (χ3v) is 6.44. The molecule has 0 aliphatic carbocycles. The molecular formula is C23H26N8O2S. The summed E-state index contributed by atoms with van der Waals surface area (Å²) in [6.45, 7) is 3.84. The summed E-state index contributed by atoms with van der Waals surface area (Å²) in [7, 11) is 0. The highest BCUT2D eigenvalue weighted by Crippen LogP contribution is 2.28. The van der Waals surface area contributed by atoms with Crippen molar-refractivity contribution in [3.8, 4) is 10.4 Å². The predicted octanol–water partition coefficient (Wildman–Crippen LogP) is 3.80. The van der Waals surface area contributed by atoms with Crippen LogP contribution in [0, 0.1) is 0 Å². The summed E-state index contributed by atoms with van der Waals surface area (Å²) < 4.78 is 7.20. The number of nitrogens with one attached hydrogen (secondary N) is 3. The van der Waals surface area contributed by atoms with E-state index in [-0.39, 0.29) is 11.9 Å². The van der Waals surface area contributed by atoms with Gasteiger partial charge in [0.2, 0.25) is 17.8 Å². The molecule has 1 amide bonds. The van der Waals surface area contributed by atoms with E-state index in [1.807, 2.05) is 37.4 Å². The number of ether oxygens (including phenoxy) is 1. The van der Waals surface area contributed by atoms with Crippen molar-refractivity contribution < 1.29 is 9.53 Å². The number of nitrogens with zero attached hydrogens (tertiary/aromatic N) is 5. The van der Waals surface area contributed by atoms with Crippen LogP contribution in [-0.2, 0) is 16.1 Å². The quantitative estimate of drug-likeness (QED) is 0.350. The Balaban J connectivity index is 1.40. The number of hydrogen-bond acceptors (Lipinski definition) is 9. The number of amides is 1. The minimum Gasteiger partial charge on any atom is -0.381 e. The third kappa shape index (κ3) is 5.00. The van der Waals surface area contributed by atoms with Gasteiger partial charge in [-0.3, -0.25) is 9.78 Å². The lowest BCUT2D eigenvalue weighted by atomic mass is 10.1. The van der Waals surface area contributed by atoms with Crippen LogP contribution in [-0.4, -0.2) is 49.7 Å². The van der Waals surface area contributed by atoms with E-state index in [0.717, 1.165) is 47.7 Å². The van der Waals surface area contributed by atoms with E-state index in [2.05, 4.69) is 26.0 Å². The molecule has 3 N–H and O–H groups in total. The Morgan fingerprint density at radius 1 is 1.18 bits per heavy atom. The summed E-state index contributed by atoms with van der Waals surface area (Å²) in [6.07, 6.45) is 5.90. The zero-order valence-corrected chi connectivity index (χ0v) is 19.6. The second-order valence-corrected chi connectivity index (χ2v) is 8.90. The van der Waals surface area contributed by atoms with Gasteiger partial charge in [0.15, 0.2) is 5.65 Å². The fraction of sp³-hybridized carbons (Fsp3) is 0.348. The first kappa shape index (κ1) is 22.2. The fourth-order valence-corrected chi connectivity index (χ4v) is 4.37. The molecule has 1 saturated heterocycles. The Hall–Kier alpha value is -3.57. The molecular weight excluding hydrogens is 452 g/mol. The summed E-state index contributed by atoms with van der Waals surface area (Å²) in [5.41, 5.74) is 5.26. The van der Waals surface area contributed by atoms with Gasteiger partial charge in [-0.2, -0.15) is 19.6 Å². The molecule has 0 radical (unpaired) electrons. The summed E-state index contributed by atoms with van der Waals surface area (Å²) in [4.78, 5) is 26.3. The predicted molar refractivity (Wildman–Crippen MR) is 132 cm³/mol. The molecule has 11 heteroatoms. The number of anilines is 3. The maximum absolute atomic E-state index is 11.6. The van der Waals surface area contributed by atoms with E-state index >= 15 is 0 Å². The Morgan fingerprint density at radius 3 is 2.74 bits per heavy atom. The Kier molecular flexibility index (Phi) is 6.63. The van der Waals surface area contributed by atoms with Gasteiger partial charge in [0, 0.05) is 44.1 Å². The summed E-state index contributed by atoms with van der Waals surface area (Å²) in [5.74, 6) is 1.15. The molecule has 10 nitrogen and oxygen atoms in total. The Bertz CT molecular complexity index is 1250. The summed E-state index contributed by atoms with van der Waals surface area (Å²) in [6, 6.07) is 8.01. The van der Waals surface area contributed by atoms with Crippen molar-refractivity contribution in [3.63, 3.8) is 0 Å². The molecule has 1 aromatic carbocycles. The zero-order valence-electron chi connectivity index (χ0n) is 18.8. The van der Waals surface area contributed by atoms with E-state index in [1.54, 1.807) is 27.6 Å². The van der Waals surface area contributed by atoms with E-state index in [1.165, 1.54) is 0 Å². The topological polar surface area (TPSA) is 118 Å². The van der Waals surface area contributed by atoms with E-state index in [4.69, 9.17) is 14.7 Å². The van der Waals surface area contributed by atoms with Crippen LogP contribution < -0.4 is 16.0 Å². The highest BCUT2D eigenvalue weighted by Gasteiger charge is 2.19. The molecule has 0 atom stereocenters. The lowest BCUT2D eigenvalue weighted by Crippen LogP contribution is -2.29. The second-order valence-electron chi connectivity index (χ2n) is 8.01. The second kappa shape index (κ2) is 10.1. The number of carbonyl (C=O) groups is 1. The maximum atomic E-state index is 11.6. The molecule has 0 spiro atoms. The van der Waals surface area contributed by atoms with Gasteiger partial charge in [0.25, 0.3) is 0 Å². The number of thiazole rings is 1. The largest absolute Gasteiger partial charge is 0.381 e. The smallest absolute Gasteiger partial charge is 0.229 e. The minimum absolute atomic E-state index is 0.00534. The molecule has 1 aliphatic heterocycles. The summed E-state index contributed by atoms with van der Waals surface area (Å²) >= 11 is 1.55. The van der Waals surface area contributed by atoms with Crippen molar-refractivity contribution in [1.82, 2.24) is 24.6 Å². The first-order valence-corrected chi connectivity index (χ1v) is 12.2. The van der Waals surface area contributed by atoms with Crippen LogP contribution >= 0.6 is 11.3 Å². The molecule has 176 valence electrons. The molecule has 4 heterocycles. The fourth-order valence-electron chi connectivity index (χ4n) is 3.74. The van der Waals surface area contributed by atoms with Crippen molar-refractivity contribution in [2.24, 2.45) is 0 Å². The number of fused-ring (bicyclic) bond motifs is 1. The van der Waals surface area contributed by atoms with Crippen molar-refractivity contribution >= 4 is 40.5 Å². The van der Waals surface area contributed by atoms with Gasteiger partial charge < -0.3 is 20.7 Å². The van der Waals surface area contributed by atoms with Gasteiger partial charge in [-0.15, -0.1) is 11.3 Å². The molecule has 34 heavy (non-hydrogen) atoms. The molecule has 0 saturated carbocycles. The van der Waals surface area contributed by atoms with Crippen LogP contribution in [0.4, 0.5) is 17.6 Å². The molecule has 1 aliphatic rings. The molecule has 1 fully saturated rings. The molecule has 3 aromatic heterocycles. The van der Waals surface area contributed by atoms with Gasteiger partial charge in [0.1, 0.15) is 0 Å². The number of benzene rings is 1. The normalized spacial score (nSPS) is 14.3. The van der Waals surface area contributed by atoms with Crippen molar-refractivity contribution in [1.29, 1.82) is 0 Å². The van der Waals surface area contributed by atoms with Crippen LogP contribution in [0.2, 0.25) is 0 Å². The van der Waals surface area contributed by atoms with Gasteiger partial charge in [0.05, 0.1) is 22.1 Å². The van der Waals surface area contributed by atoms with Gasteiger partial charge in [-0.1, -0.05) is 19.1 Å². The Morgan fingerprint density at radius 2 is 2.00 bits per heavy atom. The monoisotopic (exact) mass is 478 g/mol. The van der Waals surface area contributed by atoms with E-state index in [0.29, 0.717) is 30.5 Å². The first-order chi connectivity index (χ1) is 16.7. The SMILES string of the molecule is CCC(=O)Nc1ccc(CNc2nc(NC3CCOCC3)nc3c(-c4cncs4)cnn23)cc1. The molecule has 5 rings (SSSR count). The third-order valence-electron chi connectivity index (χ3n) is 5.63. The van der Waals surface area contributed by atoms with Crippen molar-refractivity contribution in [3.05, 3.63) is 47.7 Å². The summed E-state index contributed by atoms with van der Waals surface area (Å²) in [5, 5.41) is 14.3. The lowest BCUT2D eigenvalue weighted by Gasteiger charge is -2.23. The van der Waals surface area contributed by atoms with Crippen LogP contribution in [0.25, 0.3) is 16.1 Å². The van der Waals surface area contributed by atoms with Crippen molar-refractivity contribution in [2.75, 3.05) is 29.2 Å². The standard InChI is InChI=1S/C23H26N8O2S/c1-2-20(32)27-16-5-3-15(4-6-16)11-25-23-30-22(28-17-7-9-33-10-8-17)29-21-18(12-26-31(21)23)19-13-24-14-34-19/h3-6,12-14,17H,2,7-11H2,1H3,(H,27,32)(H2,25,28,29,30). The van der Waals surface area contributed by atoms with Gasteiger partial charge in [-0.25, -0.2) is 0 Å². The molecule has 4 aromatic rings. The highest BCUT2D eigenvalue weighted by atomic mass is 32.1. The van der Waals surface area contributed by atoms with Crippen LogP contribution in [0.3, 0.4) is 0 Å². The highest BCUT2D eigenvalue weighted by molar-refractivity contribution is 7.13.